The number of carbonyl (C=O) groups excluding carboxylic acids is 1. The zero-order valence-electron chi connectivity index (χ0n) is 11.3. The van der Waals surface area contributed by atoms with Crippen molar-refractivity contribution in [2.75, 3.05) is 6.61 Å². The zero-order valence-corrected chi connectivity index (χ0v) is 12.1. The summed E-state index contributed by atoms with van der Waals surface area (Å²) in [6.45, 7) is 5.35. The van der Waals surface area contributed by atoms with E-state index in [1.807, 2.05) is 6.92 Å². The van der Waals surface area contributed by atoms with Gasteiger partial charge in [-0.3, -0.25) is 4.18 Å². The van der Waals surface area contributed by atoms with Gasteiger partial charge in [-0.1, -0.05) is 24.6 Å². The second-order valence-corrected chi connectivity index (χ2v) is 5.58. The molecule has 19 heavy (non-hydrogen) atoms. The normalized spacial score (nSPS) is 13.0. The first-order valence-electron chi connectivity index (χ1n) is 6.07. The molecule has 0 aliphatic carbocycles. The summed E-state index contributed by atoms with van der Waals surface area (Å²) in [6, 6.07) is 6.23. The van der Waals surface area contributed by atoms with Crippen LogP contribution in [0.15, 0.2) is 29.2 Å². The SMILES string of the molecule is CCOC(=O)[C@@H](CC)OS(=O)(=O)c1ccc(C)cc1. The van der Waals surface area contributed by atoms with Crippen molar-refractivity contribution < 1.29 is 22.1 Å². The summed E-state index contributed by atoms with van der Waals surface area (Å²) < 4.78 is 33.7. The fourth-order valence-corrected chi connectivity index (χ4v) is 2.52. The smallest absolute Gasteiger partial charge is 0.336 e. The van der Waals surface area contributed by atoms with Gasteiger partial charge < -0.3 is 4.74 Å². The maximum Gasteiger partial charge on any atom is 0.336 e. The van der Waals surface area contributed by atoms with E-state index in [0.29, 0.717) is 0 Å². The van der Waals surface area contributed by atoms with Crippen LogP contribution in [0.25, 0.3) is 0 Å². The maximum atomic E-state index is 12.0. The van der Waals surface area contributed by atoms with Crippen molar-refractivity contribution >= 4 is 16.1 Å². The average Bonchev–Trinajstić information content (AvgIpc) is 2.36. The van der Waals surface area contributed by atoms with Gasteiger partial charge in [0.25, 0.3) is 10.1 Å². The van der Waals surface area contributed by atoms with Crippen LogP contribution in [-0.4, -0.2) is 27.1 Å². The third-order valence-electron chi connectivity index (χ3n) is 2.47. The largest absolute Gasteiger partial charge is 0.464 e. The first-order valence-corrected chi connectivity index (χ1v) is 7.48. The molecular weight excluding hydrogens is 268 g/mol. The van der Waals surface area contributed by atoms with Gasteiger partial charge in [0.05, 0.1) is 11.5 Å². The molecule has 0 N–H and O–H groups in total. The van der Waals surface area contributed by atoms with Crippen molar-refractivity contribution in [2.45, 2.75) is 38.2 Å². The summed E-state index contributed by atoms with van der Waals surface area (Å²) in [7, 11) is -3.95. The predicted octanol–water partition coefficient (Wildman–Crippen LogP) is 2.04. The van der Waals surface area contributed by atoms with Crippen molar-refractivity contribution in [2.24, 2.45) is 0 Å². The lowest BCUT2D eigenvalue weighted by Gasteiger charge is -2.14. The van der Waals surface area contributed by atoms with Crippen LogP contribution in [0.3, 0.4) is 0 Å². The van der Waals surface area contributed by atoms with E-state index >= 15 is 0 Å². The molecular formula is C13H18O5S. The Morgan fingerprint density at radius 1 is 1.21 bits per heavy atom. The maximum absolute atomic E-state index is 12.0. The Morgan fingerprint density at radius 2 is 1.79 bits per heavy atom. The first-order chi connectivity index (χ1) is 8.90. The minimum absolute atomic E-state index is 0.0286. The molecule has 6 heteroatoms. The molecule has 0 aliphatic rings. The highest BCUT2D eigenvalue weighted by Crippen LogP contribution is 2.16. The van der Waals surface area contributed by atoms with Crippen molar-refractivity contribution in [3.05, 3.63) is 29.8 Å². The van der Waals surface area contributed by atoms with Crippen LogP contribution in [0.2, 0.25) is 0 Å². The summed E-state index contributed by atoms with van der Waals surface area (Å²) in [5.74, 6) is -0.666. The molecule has 0 heterocycles. The van der Waals surface area contributed by atoms with Gasteiger partial charge in [0.2, 0.25) is 0 Å². The fraction of sp³-hybridized carbons (Fsp3) is 0.462. The summed E-state index contributed by atoms with van der Waals surface area (Å²) in [5.41, 5.74) is 0.941. The second-order valence-electron chi connectivity index (χ2n) is 4.01. The van der Waals surface area contributed by atoms with E-state index in [0.717, 1.165) is 5.56 Å². The molecule has 0 amide bonds. The van der Waals surface area contributed by atoms with Crippen LogP contribution in [0.4, 0.5) is 0 Å². The number of ether oxygens (including phenoxy) is 1. The van der Waals surface area contributed by atoms with Gasteiger partial charge in [-0.25, -0.2) is 4.79 Å². The Kier molecular flexibility index (Phi) is 5.50. The molecule has 1 atom stereocenters. The molecule has 0 unspecified atom stereocenters. The quantitative estimate of drug-likeness (QED) is 0.591. The summed E-state index contributed by atoms with van der Waals surface area (Å²) in [4.78, 5) is 11.6. The van der Waals surface area contributed by atoms with Gasteiger partial charge in [-0.05, 0) is 32.4 Å². The standard InChI is InChI=1S/C13H18O5S/c1-4-12(13(14)17-5-2)18-19(15,16)11-8-6-10(3)7-9-11/h6-9,12H,4-5H2,1-3H3/t12-/m1/s1. The molecule has 1 aromatic rings. The zero-order chi connectivity index (χ0) is 14.5. The van der Waals surface area contributed by atoms with Crippen LogP contribution in [0, 0.1) is 6.92 Å². The van der Waals surface area contributed by atoms with Crippen molar-refractivity contribution in [3.63, 3.8) is 0 Å². The third-order valence-corrected chi connectivity index (χ3v) is 3.81. The number of aryl methyl sites for hydroxylation is 1. The Balaban J connectivity index is 2.89. The lowest BCUT2D eigenvalue weighted by atomic mass is 10.2. The van der Waals surface area contributed by atoms with Crippen LogP contribution < -0.4 is 0 Å². The Morgan fingerprint density at radius 3 is 2.26 bits per heavy atom. The number of carbonyl (C=O) groups is 1. The highest BCUT2D eigenvalue weighted by Gasteiger charge is 2.27. The highest BCUT2D eigenvalue weighted by atomic mass is 32.2. The van der Waals surface area contributed by atoms with Crippen molar-refractivity contribution in [1.29, 1.82) is 0 Å². The van der Waals surface area contributed by atoms with Crippen molar-refractivity contribution in [3.8, 4) is 0 Å². The first kappa shape index (κ1) is 15.7. The lowest BCUT2D eigenvalue weighted by Crippen LogP contribution is -2.28. The van der Waals surface area contributed by atoms with Gasteiger partial charge >= 0.3 is 5.97 Å². The highest BCUT2D eigenvalue weighted by molar-refractivity contribution is 7.86. The minimum Gasteiger partial charge on any atom is -0.464 e. The van der Waals surface area contributed by atoms with Gasteiger partial charge in [0.1, 0.15) is 0 Å². The van der Waals surface area contributed by atoms with Crippen LogP contribution in [0.5, 0.6) is 0 Å². The van der Waals surface area contributed by atoms with Crippen molar-refractivity contribution in [1.82, 2.24) is 0 Å². The van der Waals surface area contributed by atoms with E-state index in [1.165, 1.54) is 12.1 Å². The average molecular weight is 286 g/mol. The number of esters is 1. The Hall–Kier alpha value is -1.40. The summed E-state index contributed by atoms with van der Waals surface area (Å²) in [5, 5.41) is 0. The summed E-state index contributed by atoms with van der Waals surface area (Å²) >= 11 is 0. The number of rotatable bonds is 6. The minimum atomic E-state index is -3.95. The van der Waals surface area contributed by atoms with E-state index in [2.05, 4.69) is 0 Å². The second kappa shape index (κ2) is 6.68. The molecule has 106 valence electrons. The third kappa shape index (κ3) is 4.33. The lowest BCUT2D eigenvalue weighted by molar-refractivity contribution is -0.151. The Labute approximate surface area is 113 Å². The van der Waals surface area contributed by atoms with E-state index in [1.54, 1.807) is 26.0 Å². The number of benzene rings is 1. The molecule has 1 aromatic carbocycles. The topological polar surface area (TPSA) is 69.7 Å². The molecule has 1 rings (SSSR count). The molecule has 0 spiro atoms. The van der Waals surface area contributed by atoms with Crippen LogP contribution in [-0.2, 0) is 23.8 Å². The molecule has 5 nitrogen and oxygen atoms in total. The Bertz CT molecular complexity index is 518. The number of hydrogen-bond acceptors (Lipinski definition) is 5. The van der Waals surface area contributed by atoms with E-state index < -0.39 is 22.2 Å². The molecule has 0 aliphatic heterocycles. The van der Waals surface area contributed by atoms with Crippen LogP contribution >= 0.6 is 0 Å². The molecule has 0 radical (unpaired) electrons. The molecule has 0 aromatic heterocycles. The van der Waals surface area contributed by atoms with E-state index in [-0.39, 0.29) is 17.9 Å². The van der Waals surface area contributed by atoms with Crippen LogP contribution in [0.1, 0.15) is 25.8 Å². The van der Waals surface area contributed by atoms with Gasteiger partial charge in [-0.15, -0.1) is 0 Å². The van der Waals surface area contributed by atoms with E-state index in [9.17, 15) is 13.2 Å². The molecule has 0 fully saturated rings. The van der Waals surface area contributed by atoms with Gasteiger partial charge in [0, 0.05) is 0 Å². The predicted molar refractivity (Wildman–Crippen MR) is 70.2 cm³/mol. The number of hydrogen-bond donors (Lipinski definition) is 0. The van der Waals surface area contributed by atoms with E-state index in [4.69, 9.17) is 8.92 Å². The van der Waals surface area contributed by atoms with Gasteiger partial charge in [0.15, 0.2) is 6.10 Å². The molecule has 0 saturated heterocycles. The molecule has 0 saturated carbocycles. The monoisotopic (exact) mass is 286 g/mol. The van der Waals surface area contributed by atoms with Gasteiger partial charge in [-0.2, -0.15) is 8.42 Å². The summed E-state index contributed by atoms with van der Waals surface area (Å²) in [6.07, 6.45) is -0.879. The molecule has 0 bridgehead atoms. The fourth-order valence-electron chi connectivity index (χ4n) is 1.42.